The summed E-state index contributed by atoms with van der Waals surface area (Å²) in [7, 11) is 0. The number of hydrogen-bond donors (Lipinski definition) is 1. The molecule has 0 saturated heterocycles. The zero-order valence-electron chi connectivity index (χ0n) is 12.7. The molecule has 1 N–H and O–H groups in total. The van der Waals surface area contributed by atoms with Crippen LogP contribution < -0.4 is 5.32 Å². The summed E-state index contributed by atoms with van der Waals surface area (Å²) >= 11 is 0. The van der Waals surface area contributed by atoms with Crippen LogP contribution in [-0.4, -0.2) is 27.2 Å². The van der Waals surface area contributed by atoms with Crippen molar-refractivity contribution in [2.45, 2.75) is 19.4 Å². The van der Waals surface area contributed by atoms with Gasteiger partial charge in [-0.1, -0.05) is 18.2 Å². The molecule has 0 saturated carbocycles. The van der Waals surface area contributed by atoms with E-state index in [0.29, 0.717) is 31.8 Å². The van der Waals surface area contributed by atoms with Crippen molar-refractivity contribution >= 4 is 5.91 Å². The second-order valence-corrected chi connectivity index (χ2v) is 5.13. The van der Waals surface area contributed by atoms with Gasteiger partial charge in [0.05, 0.1) is 5.69 Å². The number of benzene rings is 1. The Morgan fingerprint density at radius 2 is 2.09 bits per heavy atom. The van der Waals surface area contributed by atoms with Crippen LogP contribution in [0.1, 0.15) is 12.1 Å². The topological polar surface area (TPSA) is 73.0 Å². The Hall–Kier alpha value is -2.89. The van der Waals surface area contributed by atoms with E-state index in [2.05, 4.69) is 15.4 Å². The number of nitrogens with zero attached hydrogens (tertiary/aromatic N) is 3. The number of oxazole rings is 1. The van der Waals surface area contributed by atoms with Crippen LogP contribution in [0.15, 0.2) is 59.5 Å². The molecule has 0 aliphatic carbocycles. The number of carbonyl (C=O) groups is 1. The number of hydrogen-bond acceptors (Lipinski definition) is 4. The number of aromatic nitrogens is 3. The van der Waals surface area contributed by atoms with Gasteiger partial charge >= 0.3 is 0 Å². The van der Waals surface area contributed by atoms with Gasteiger partial charge in [-0.15, -0.1) is 0 Å². The second kappa shape index (κ2) is 7.40. The molecule has 1 aromatic carbocycles. The lowest BCUT2D eigenvalue weighted by Gasteiger charge is -2.04. The van der Waals surface area contributed by atoms with Gasteiger partial charge in [-0.3, -0.25) is 9.48 Å². The van der Waals surface area contributed by atoms with Crippen LogP contribution in [0.3, 0.4) is 0 Å². The molecule has 3 aromatic rings. The first kappa shape index (κ1) is 15.0. The van der Waals surface area contributed by atoms with E-state index in [1.165, 1.54) is 0 Å². The molecule has 1 amide bonds. The van der Waals surface area contributed by atoms with Crippen molar-refractivity contribution < 1.29 is 9.21 Å². The van der Waals surface area contributed by atoms with Crippen molar-refractivity contribution in [2.75, 3.05) is 6.54 Å². The van der Waals surface area contributed by atoms with Crippen LogP contribution in [0.4, 0.5) is 0 Å². The van der Waals surface area contributed by atoms with E-state index in [0.717, 1.165) is 11.3 Å². The highest BCUT2D eigenvalue weighted by atomic mass is 16.3. The van der Waals surface area contributed by atoms with Gasteiger partial charge in [-0.05, 0) is 18.2 Å². The molecule has 118 valence electrons. The maximum atomic E-state index is 11.8. The normalized spacial score (nSPS) is 10.6. The number of aryl methyl sites for hydroxylation is 1. The summed E-state index contributed by atoms with van der Waals surface area (Å²) in [5.74, 6) is 0.609. The van der Waals surface area contributed by atoms with Crippen molar-refractivity contribution in [1.82, 2.24) is 20.1 Å². The molecule has 0 spiro atoms. The molecule has 6 heteroatoms. The summed E-state index contributed by atoms with van der Waals surface area (Å²) in [4.78, 5) is 16.2. The van der Waals surface area contributed by atoms with Crippen molar-refractivity contribution in [3.8, 4) is 11.5 Å². The molecule has 0 aliphatic heterocycles. The quantitative estimate of drug-likeness (QED) is 0.726. The van der Waals surface area contributed by atoms with Gasteiger partial charge in [-0.25, -0.2) is 4.98 Å². The van der Waals surface area contributed by atoms with Crippen molar-refractivity contribution in [3.05, 3.63) is 60.7 Å². The van der Waals surface area contributed by atoms with Crippen LogP contribution >= 0.6 is 0 Å². The molecular formula is C17H18N4O2. The van der Waals surface area contributed by atoms with E-state index in [1.807, 2.05) is 42.6 Å². The van der Waals surface area contributed by atoms with E-state index in [-0.39, 0.29) is 5.91 Å². The first-order valence-corrected chi connectivity index (χ1v) is 7.55. The molecule has 6 nitrogen and oxygen atoms in total. The Bertz CT molecular complexity index is 735. The average Bonchev–Trinajstić information content (AvgIpc) is 3.26. The van der Waals surface area contributed by atoms with Crippen LogP contribution in [0, 0.1) is 0 Å². The lowest BCUT2D eigenvalue weighted by Crippen LogP contribution is -2.26. The lowest BCUT2D eigenvalue weighted by molar-refractivity contribution is -0.121. The minimum absolute atomic E-state index is 0.00674. The predicted octanol–water partition coefficient (Wildman–Crippen LogP) is 2.29. The SMILES string of the molecule is O=C(CCn1cccn1)NCCc1coc(-c2ccccc2)n1. The summed E-state index contributed by atoms with van der Waals surface area (Å²) in [6, 6.07) is 11.6. The van der Waals surface area contributed by atoms with Gasteiger partial charge in [0, 0.05) is 43.9 Å². The highest BCUT2D eigenvalue weighted by molar-refractivity contribution is 5.75. The Morgan fingerprint density at radius 1 is 1.22 bits per heavy atom. The third-order valence-electron chi connectivity index (χ3n) is 3.40. The number of rotatable bonds is 7. The van der Waals surface area contributed by atoms with Gasteiger partial charge in [0.25, 0.3) is 0 Å². The second-order valence-electron chi connectivity index (χ2n) is 5.13. The first-order chi connectivity index (χ1) is 11.3. The smallest absolute Gasteiger partial charge is 0.226 e. The molecule has 23 heavy (non-hydrogen) atoms. The average molecular weight is 310 g/mol. The summed E-state index contributed by atoms with van der Waals surface area (Å²) in [5, 5.41) is 6.94. The van der Waals surface area contributed by atoms with Gasteiger partial charge in [0.2, 0.25) is 11.8 Å². The fraction of sp³-hybridized carbons (Fsp3) is 0.235. The highest BCUT2D eigenvalue weighted by Gasteiger charge is 2.07. The number of carbonyl (C=O) groups excluding carboxylic acids is 1. The molecule has 0 bridgehead atoms. The minimum Gasteiger partial charge on any atom is -0.444 e. The fourth-order valence-electron chi connectivity index (χ4n) is 2.20. The first-order valence-electron chi connectivity index (χ1n) is 7.55. The van der Waals surface area contributed by atoms with Gasteiger partial charge in [-0.2, -0.15) is 5.10 Å². The molecular weight excluding hydrogens is 292 g/mol. The Balaban J connectivity index is 1.42. The third kappa shape index (κ3) is 4.29. The summed E-state index contributed by atoms with van der Waals surface area (Å²) in [6.45, 7) is 1.12. The van der Waals surface area contributed by atoms with E-state index in [1.54, 1.807) is 17.1 Å². The molecule has 0 unspecified atom stereocenters. The standard InChI is InChI=1S/C17H18N4O2/c22-16(8-12-21-11-4-9-19-21)18-10-7-15-13-23-17(20-15)14-5-2-1-3-6-14/h1-6,9,11,13H,7-8,10,12H2,(H,18,22). The predicted molar refractivity (Wildman–Crippen MR) is 85.5 cm³/mol. The molecule has 3 rings (SSSR count). The molecule has 0 radical (unpaired) electrons. The molecule has 0 atom stereocenters. The number of amides is 1. The fourth-order valence-corrected chi connectivity index (χ4v) is 2.20. The monoisotopic (exact) mass is 310 g/mol. The van der Waals surface area contributed by atoms with E-state index in [9.17, 15) is 4.79 Å². The summed E-state index contributed by atoms with van der Waals surface area (Å²) < 4.78 is 7.21. The van der Waals surface area contributed by atoms with Gasteiger partial charge in [0.1, 0.15) is 6.26 Å². The van der Waals surface area contributed by atoms with E-state index < -0.39 is 0 Å². The highest BCUT2D eigenvalue weighted by Crippen LogP contribution is 2.17. The Labute approximate surface area is 134 Å². The summed E-state index contributed by atoms with van der Waals surface area (Å²) in [6.07, 6.45) is 6.23. The van der Waals surface area contributed by atoms with Gasteiger partial charge in [0.15, 0.2) is 0 Å². The Kier molecular flexibility index (Phi) is 4.83. The lowest BCUT2D eigenvalue weighted by atomic mass is 10.2. The van der Waals surface area contributed by atoms with Crippen LogP contribution in [0.25, 0.3) is 11.5 Å². The van der Waals surface area contributed by atoms with Crippen LogP contribution in [0.2, 0.25) is 0 Å². The Morgan fingerprint density at radius 3 is 2.87 bits per heavy atom. The largest absolute Gasteiger partial charge is 0.444 e. The van der Waals surface area contributed by atoms with Crippen molar-refractivity contribution in [2.24, 2.45) is 0 Å². The van der Waals surface area contributed by atoms with Crippen molar-refractivity contribution in [1.29, 1.82) is 0 Å². The minimum atomic E-state index is 0.00674. The van der Waals surface area contributed by atoms with E-state index >= 15 is 0 Å². The van der Waals surface area contributed by atoms with Crippen LogP contribution in [-0.2, 0) is 17.8 Å². The molecule has 2 aromatic heterocycles. The van der Waals surface area contributed by atoms with Gasteiger partial charge < -0.3 is 9.73 Å². The van der Waals surface area contributed by atoms with Crippen molar-refractivity contribution in [3.63, 3.8) is 0 Å². The van der Waals surface area contributed by atoms with Crippen LogP contribution in [0.5, 0.6) is 0 Å². The molecule has 0 aliphatic rings. The molecule has 0 fully saturated rings. The maximum Gasteiger partial charge on any atom is 0.226 e. The zero-order valence-corrected chi connectivity index (χ0v) is 12.7. The summed E-state index contributed by atoms with van der Waals surface area (Å²) in [5.41, 5.74) is 1.78. The molecule has 2 heterocycles. The number of nitrogens with one attached hydrogen (secondary N) is 1. The zero-order chi connectivity index (χ0) is 15.9. The maximum absolute atomic E-state index is 11.8. The van der Waals surface area contributed by atoms with E-state index in [4.69, 9.17) is 4.42 Å². The third-order valence-corrected chi connectivity index (χ3v) is 3.40.